The molecule has 3 nitrogen and oxygen atoms in total. The molecule has 0 aliphatic carbocycles. The van der Waals surface area contributed by atoms with E-state index in [4.69, 9.17) is 9.47 Å². The van der Waals surface area contributed by atoms with Crippen LogP contribution in [0.15, 0.2) is 0 Å². The normalized spacial score (nSPS) is 26.9. The van der Waals surface area contributed by atoms with E-state index >= 15 is 0 Å². The monoisotopic (exact) mass is 192 g/mol. The van der Waals surface area contributed by atoms with Gasteiger partial charge in [0.25, 0.3) is 0 Å². The van der Waals surface area contributed by atoms with Gasteiger partial charge in [-0.05, 0) is 19.3 Å². The van der Waals surface area contributed by atoms with Gasteiger partial charge < -0.3 is 9.47 Å². The van der Waals surface area contributed by atoms with Gasteiger partial charge in [-0.2, -0.15) is 0 Å². The lowest BCUT2D eigenvalue weighted by molar-refractivity contribution is -0.158. The predicted octanol–water partition coefficient (Wildman–Crippen LogP) is 0.908. The first-order chi connectivity index (χ1) is 5.79. The Kier molecular flexibility index (Phi) is 4.80. The Morgan fingerprint density at radius 1 is 1.58 bits per heavy atom. The highest BCUT2D eigenvalue weighted by Crippen LogP contribution is 2.13. The summed E-state index contributed by atoms with van der Waals surface area (Å²) in [6.07, 6.45) is 4.95. The first kappa shape index (κ1) is 10.2. The Morgan fingerprint density at radius 3 is 3.00 bits per heavy atom. The summed E-state index contributed by atoms with van der Waals surface area (Å²) in [5.74, 6) is 0.611. The van der Waals surface area contributed by atoms with Gasteiger partial charge in [-0.1, -0.05) is 0 Å². The van der Waals surface area contributed by atoms with E-state index in [1.54, 1.807) is 6.26 Å². The third-order valence-electron chi connectivity index (χ3n) is 1.81. The van der Waals surface area contributed by atoms with E-state index in [1.807, 2.05) is 0 Å². The van der Waals surface area contributed by atoms with Crippen molar-refractivity contribution in [3.8, 4) is 0 Å². The minimum atomic E-state index is -0.750. The van der Waals surface area contributed by atoms with Gasteiger partial charge in [0.05, 0.1) is 6.61 Å². The molecule has 0 aromatic carbocycles. The van der Waals surface area contributed by atoms with Gasteiger partial charge >= 0.3 is 0 Å². The molecule has 0 saturated carbocycles. The number of ether oxygens (including phenoxy) is 2. The molecule has 4 heteroatoms. The van der Waals surface area contributed by atoms with E-state index in [1.165, 1.54) is 6.42 Å². The summed E-state index contributed by atoms with van der Waals surface area (Å²) in [4.78, 5) is 0. The third-order valence-corrected chi connectivity index (χ3v) is 2.55. The summed E-state index contributed by atoms with van der Waals surface area (Å²) < 4.78 is 21.4. The molecule has 72 valence electrons. The van der Waals surface area contributed by atoms with E-state index in [9.17, 15) is 4.21 Å². The Hall–Kier alpha value is 0.0700. The maximum absolute atomic E-state index is 10.7. The van der Waals surface area contributed by atoms with Crippen LogP contribution in [0, 0.1) is 0 Å². The van der Waals surface area contributed by atoms with Gasteiger partial charge in [-0.25, -0.2) is 0 Å². The molecule has 12 heavy (non-hydrogen) atoms. The Bertz CT molecular complexity index is 143. The van der Waals surface area contributed by atoms with Gasteiger partial charge in [-0.3, -0.25) is 4.21 Å². The second kappa shape index (κ2) is 5.67. The van der Waals surface area contributed by atoms with Crippen LogP contribution in [0.3, 0.4) is 0 Å². The van der Waals surface area contributed by atoms with Crippen molar-refractivity contribution < 1.29 is 13.7 Å². The van der Waals surface area contributed by atoms with Crippen LogP contribution in [0.2, 0.25) is 0 Å². The van der Waals surface area contributed by atoms with E-state index in [-0.39, 0.29) is 6.29 Å². The maximum atomic E-state index is 10.7. The molecule has 1 rings (SSSR count). The lowest BCUT2D eigenvalue weighted by Crippen LogP contribution is -2.24. The first-order valence-electron chi connectivity index (χ1n) is 4.32. The second-order valence-corrected chi connectivity index (χ2v) is 4.50. The molecule has 0 radical (unpaired) electrons. The SMILES string of the molecule is CS(=O)CCOC1CCCCO1. The highest BCUT2D eigenvalue weighted by atomic mass is 32.2. The fourth-order valence-electron chi connectivity index (χ4n) is 1.14. The molecule has 2 atom stereocenters. The predicted molar refractivity (Wildman–Crippen MR) is 48.5 cm³/mol. The summed E-state index contributed by atoms with van der Waals surface area (Å²) in [5.41, 5.74) is 0. The van der Waals surface area contributed by atoms with Crippen LogP contribution < -0.4 is 0 Å². The third kappa shape index (κ3) is 4.18. The summed E-state index contributed by atoms with van der Waals surface area (Å²) in [6.45, 7) is 1.35. The lowest BCUT2D eigenvalue weighted by atomic mass is 10.2. The van der Waals surface area contributed by atoms with Crippen LogP contribution in [0.1, 0.15) is 19.3 Å². The summed E-state index contributed by atoms with van der Waals surface area (Å²) in [6, 6.07) is 0. The average molecular weight is 192 g/mol. The van der Waals surface area contributed by atoms with Crippen molar-refractivity contribution in [2.24, 2.45) is 0 Å². The summed E-state index contributed by atoms with van der Waals surface area (Å²) >= 11 is 0. The minimum Gasteiger partial charge on any atom is -0.353 e. The molecule has 1 aliphatic heterocycles. The fourth-order valence-corrected chi connectivity index (χ4v) is 1.47. The van der Waals surface area contributed by atoms with Gasteiger partial charge in [0.1, 0.15) is 0 Å². The van der Waals surface area contributed by atoms with Crippen LogP contribution >= 0.6 is 0 Å². The smallest absolute Gasteiger partial charge is 0.157 e. The molecule has 0 N–H and O–H groups in total. The van der Waals surface area contributed by atoms with Crippen molar-refractivity contribution in [3.05, 3.63) is 0 Å². The number of rotatable bonds is 4. The topological polar surface area (TPSA) is 35.5 Å². The van der Waals surface area contributed by atoms with E-state index < -0.39 is 10.8 Å². The quantitative estimate of drug-likeness (QED) is 0.664. The van der Waals surface area contributed by atoms with Crippen molar-refractivity contribution in [3.63, 3.8) is 0 Å². The molecule has 0 aromatic rings. The van der Waals surface area contributed by atoms with Gasteiger partial charge in [0.2, 0.25) is 0 Å². The zero-order valence-corrected chi connectivity index (χ0v) is 8.27. The Morgan fingerprint density at radius 2 is 2.42 bits per heavy atom. The van der Waals surface area contributed by atoms with Crippen LogP contribution in [-0.2, 0) is 20.3 Å². The molecular weight excluding hydrogens is 176 g/mol. The average Bonchev–Trinajstić information content (AvgIpc) is 2.05. The van der Waals surface area contributed by atoms with Crippen LogP contribution in [0.5, 0.6) is 0 Å². The molecule has 1 aliphatic rings. The van der Waals surface area contributed by atoms with E-state index in [2.05, 4.69) is 0 Å². The lowest BCUT2D eigenvalue weighted by Gasteiger charge is -2.22. The maximum Gasteiger partial charge on any atom is 0.157 e. The Balaban J connectivity index is 2.01. The zero-order valence-electron chi connectivity index (χ0n) is 7.45. The van der Waals surface area contributed by atoms with Crippen LogP contribution in [-0.4, -0.2) is 35.7 Å². The molecule has 0 aromatic heterocycles. The van der Waals surface area contributed by atoms with Crippen LogP contribution in [0.25, 0.3) is 0 Å². The fraction of sp³-hybridized carbons (Fsp3) is 1.00. The standard InChI is InChI=1S/C8H16O3S/c1-12(9)7-6-11-8-4-2-3-5-10-8/h8H,2-7H2,1H3. The van der Waals surface area contributed by atoms with Crippen molar-refractivity contribution in [2.75, 3.05) is 25.2 Å². The minimum absolute atomic E-state index is 0.0395. The Labute approximate surface area is 75.9 Å². The zero-order chi connectivity index (χ0) is 8.81. The molecule has 0 bridgehead atoms. The molecule has 1 heterocycles. The molecular formula is C8H16O3S. The molecule has 2 unspecified atom stereocenters. The van der Waals surface area contributed by atoms with Gasteiger partial charge in [0.15, 0.2) is 6.29 Å². The number of hydrogen-bond acceptors (Lipinski definition) is 3. The van der Waals surface area contributed by atoms with E-state index in [0.717, 1.165) is 19.4 Å². The van der Waals surface area contributed by atoms with Crippen LogP contribution in [0.4, 0.5) is 0 Å². The molecule has 1 fully saturated rings. The molecule has 0 amide bonds. The first-order valence-corrected chi connectivity index (χ1v) is 6.05. The van der Waals surface area contributed by atoms with Crippen molar-refractivity contribution in [2.45, 2.75) is 25.6 Å². The van der Waals surface area contributed by atoms with E-state index in [0.29, 0.717) is 12.4 Å². The van der Waals surface area contributed by atoms with Crippen molar-refractivity contribution in [1.82, 2.24) is 0 Å². The second-order valence-electron chi connectivity index (χ2n) is 2.94. The number of hydrogen-bond donors (Lipinski definition) is 0. The highest BCUT2D eigenvalue weighted by Gasteiger charge is 2.13. The largest absolute Gasteiger partial charge is 0.353 e. The van der Waals surface area contributed by atoms with Gasteiger partial charge in [0, 0.05) is 29.4 Å². The highest BCUT2D eigenvalue weighted by molar-refractivity contribution is 7.84. The summed E-state index contributed by atoms with van der Waals surface area (Å²) in [7, 11) is -0.750. The summed E-state index contributed by atoms with van der Waals surface area (Å²) in [5, 5.41) is 0. The molecule has 0 spiro atoms. The van der Waals surface area contributed by atoms with Gasteiger partial charge in [-0.15, -0.1) is 0 Å². The molecule has 1 saturated heterocycles. The van der Waals surface area contributed by atoms with Crippen molar-refractivity contribution in [1.29, 1.82) is 0 Å². The van der Waals surface area contributed by atoms with Crippen molar-refractivity contribution >= 4 is 10.8 Å².